The minimum Gasteiger partial charge on any atom is -0.460 e. The smallest absolute Gasteiger partial charge is 0.410 e. The Morgan fingerprint density at radius 1 is 0.974 bits per heavy atom. The van der Waals surface area contributed by atoms with E-state index in [1.165, 1.54) is 21.8 Å². The fourth-order valence-electron chi connectivity index (χ4n) is 3.65. The number of rotatable bonds is 9. The first kappa shape index (κ1) is 29.4. The maximum absolute atomic E-state index is 12.9. The van der Waals surface area contributed by atoms with Crippen LogP contribution in [0.3, 0.4) is 0 Å². The van der Waals surface area contributed by atoms with Gasteiger partial charge >= 0.3 is 12.1 Å². The Bertz CT molecular complexity index is 1220. The molecule has 2 aromatic heterocycles. The fraction of sp³-hybridized carbons (Fsp3) is 0.517. The Morgan fingerprint density at radius 2 is 1.63 bits per heavy atom. The number of hydrogen-bond acceptors (Lipinski definition) is 8. The van der Waals surface area contributed by atoms with Gasteiger partial charge in [-0.2, -0.15) is 4.98 Å². The van der Waals surface area contributed by atoms with Crippen LogP contribution in [0.2, 0.25) is 0 Å². The molecule has 206 valence electrons. The average molecular weight is 542 g/mol. The summed E-state index contributed by atoms with van der Waals surface area (Å²) >= 11 is 1.46. The van der Waals surface area contributed by atoms with Gasteiger partial charge in [-0.25, -0.2) is 4.79 Å². The van der Waals surface area contributed by atoms with Crippen LogP contribution in [0.4, 0.5) is 4.79 Å². The zero-order valence-electron chi connectivity index (χ0n) is 23.7. The monoisotopic (exact) mass is 541 g/mol. The van der Waals surface area contributed by atoms with Gasteiger partial charge in [-0.15, -0.1) is 11.3 Å². The van der Waals surface area contributed by atoms with E-state index in [2.05, 4.69) is 36.1 Å². The minimum absolute atomic E-state index is 0.0684. The Kier molecular flexibility index (Phi) is 9.35. The molecule has 0 bridgehead atoms. The van der Waals surface area contributed by atoms with E-state index in [0.29, 0.717) is 17.6 Å². The molecule has 3 rings (SSSR count). The number of hydrogen-bond donors (Lipinski definition) is 0. The topological polar surface area (TPSA) is 94.8 Å². The lowest BCUT2D eigenvalue weighted by molar-refractivity contribution is -0.155. The van der Waals surface area contributed by atoms with Crippen molar-refractivity contribution in [2.45, 2.75) is 86.0 Å². The fourth-order valence-corrected chi connectivity index (χ4v) is 4.60. The number of benzene rings is 1. The number of thiophene rings is 1. The van der Waals surface area contributed by atoms with E-state index in [1.54, 1.807) is 0 Å². The molecule has 0 N–H and O–H groups in total. The van der Waals surface area contributed by atoms with Crippen LogP contribution in [0.25, 0.3) is 22.2 Å². The van der Waals surface area contributed by atoms with Crippen molar-refractivity contribution in [2.75, 3.05) is 6.54 Å². The molecular formula is C29H39N3O5S. The third-order valence-corrected chi connectivity index (χ3v) is 6.22. The van der Waals surface area contributed by atoms with Gasteiger partial charge in [-0.05, 0) is 83.7 Å². The summed E-state index contributed by atoms with van der Waals surface area (Å²) < 4.78 is 16.5. The third kappa shape index (κ3) is 9.28. The Balaban J connectivity index is 1.71. The van der Waals surface area contributed by atoms with Crippen LogP contribution in [-0.2, 0) is 27.2 Å². The first-order chi connectivity index (χ1) is 17.7. The predicted molar refractivity (Wildman–Crippen MR) is 149 cm³/mol. The van der Waals surface area contributed by atoms with Crippen LogP contribution >= 0.6 is 11.3 Å². The lowest BCUT2D eigenvalue weighted by Crippen LogP contribution is -2.38. The molecule has 0 saturated carbocycles. The number of ether oxygens (including phenoxy) is 2. The van der Waals surface area contributed by atoms with E-state index in [4.69, 9.17) is 14.0 Å². The summed E-state index contributed by atoms with van der Waals surface area (Å²) in [6, 6.07) is 12.0. The molecule has 0 atom stereocenters. The molecule has 0 aliphatic rings. The van der Waals surface area contributed by atoms with Crippen molar-refractivity contribution in [2.24, 2.45) is 5.92 Å². The first-order valence-corrected chi connectivity index (χ1v) is 13.7. The number of carbonyl (C=O) groups is 2. The van der Waals surface area contributed by atoms with Crippen LogP contribution in [0.15, 0.2) is 40.9 Å². The number of nitrogens with zero attached hydrogens (tertiary/aromatic N) is 3. The van der Waals surface area contributed by atoms with Gasteiger partial charge in [-0.3, -0.25) is 4.79 Å². The molecule has 1 amide bonds. The zero-order chi connectivity index (χ0) is 28.1. The summed E-state index contributed by atoms with van der Waals surface area (Å²) in [7, 11) is 0. The lowest BCUT2D eigenvalue weighted by atomic mass is 10.0. The Morgan fingerprint density at radius 3 is 2.24 bits per heavy atom. The van der Waals surface area contributed by atoms with Crippen molar-refractivity contribution in [1.82, 2.24) is 15.0 Å². The molecule has 0 aliphatic heterocycles. The van der Waals surface area contributed by atoms with Crippen molar-refractivity contribution in [3.05, 3.63) is 46.8 Å². The van der Waals surface area contributed by atoms with Crippen LogP contribution in [0, 0.1) is 5.92 Å². The molecule has 1 aromatic carbocycles. The van der Waals surface area contributed by atoms with E-state index in [9.17, 15) is 9.59 Å². The maximum Gasteiger partial charge on any atom is 0.410 e. The second-order valence-corrected chi connectivity index (χ2v) is 12.9. The molecule has 0 unspecified atom stereocenters. The molecule has 2 heterocycles. The number of carbonyl (C=O) groups excluding carboxylic acids is 2. The Hall–Kier alpha value is -3.20. The van der Waals surface area contributed by atoms with Crippen LogP contribution in [0.1, 0.15) is 72.3 Å². The standard InChI is InChI=1S/C29H39N3O5S/c1-19(2)17-20-9-11-21(12-10-20)26-30-25(31-37-26)23-14-13-22(38-23)18-32(27(34)36-29(6,7)8)16-15-24(33)35-28(3,4)5/h9-14,19H,15-18H2,1-8H3. The van der Waals surface area contributed by atoms with E-state index in [1.807, 2.05) is 65.8 Å². The summed E-state index contributed by atoms with van der Waals surface area (Å²) in [4.78, 5) is 33.0. The molecule has 0 fully saturated rings. The summed E-state index contributed by atoms with van der Waals surface area (Å²) in [6.45, 7) is 15.7. The zero-order valence-corrected chi connectivity index (χ0v) is 24.5. The minimum atomic E-state index is -0.657. The highest BCUT2D eigenvalue weighted by molar-refractivity contribution is 7.15. The van der Waals surface area contributed by atoms with Gasteiger partial charge in [0.1, 0.15) is 11.2 Å². The summed E-state index contributed by atoms with van der Waals surface area (Å²) in [5.74, 6) is 1.17. The molecule has 38 heavy (non-hydrogen) atoms. The summed E-state index contributed by atoms with van der Waals surface area (Å²) in [6.07, 6.45) is 0.600. The van der Waals surface area contributed by atoms with E-state index in [-0.39, 0.29) is 25.5 Å². The number of aromatic nitrogens is 2. The second-order valence-electron chi connectivity index (χ2n) is 11.7. The van der Waals surface area contributed by atoms with Gasteiger partial charge in [0.2, 0.25) is 5.82 Å². The maximum atomic E-state index is 12.9. The van der Waals surface area contributed by atoms with Crippen molar-refractivity contribution in [3.8, 4) is 22.2 Å². The first-order valence-electron chi connectivity index (χ1n) is 12.9. The SMILES string of the molecule is CC(C)Cc1ccc(-c2nc(-c3ccc(CN(CCC(=O)OC(C)(C)C)C(=O)OC(C)(C)C)s3)no2)cc1. The third-order valence-electron chi connectivity index (χ3n) is 5.16. The van der Waals surface area contributed by atoms with Gasteiger partial charge in [-0.1, -0.05) is 31.1 Å². The highest BCUT2D eigenvalue weighted by atomic mass is 32.1. The van der Waals surface area contributed by atoms with Gasteiger partial charge in [0.15, 0.2) is 0 Å². The highest BCUT2D eigenvalue weighted by Crippen LogP contribution is 2.29. The van der Waals surface area contributed by atoms with Crippen molar-refractivity contribution in [3.63, 3.8) is 0 Å². The molecule has 0 saturated heterocycles. The normalized spacial score (nSPS) is 12.0. The average Bonchev–Trinajstić information content (AvgIpc) is 3.44. The van der Waals surface area contributed by atoms with E-state index < -0.39 is 17.3 Å². The molecule has 3 aromatic rings. The Labute approximate surface area is 229 Å². The number of amides is 1. The van der Waals surface area contributed by atoms with E-state index >= 15 is 0 Å². The van der Waals surface area contributed by atoms with Gasteiger partial charge < -0.3 is 18.9 Å². The van der Waals surface area contributed by atoms with E-state index in [0.717, 1.165) is 21.7 Å². The van der Waals surface area contributed by atoms with Crippen molar-refractivity contribution >= 4 is 23.4 Å². The lowest BCUT2D eigenvalue weighted by Gasteiger charge is -2.27. The number of esters is 1. The summed E-state index contributed by atoms with van der Waals surface area (Å²) in [5.41, 5.74) is 0.894. The second kappa shape index (κ2) is 12.1. The molecule has 8 nitrogen and oxygen atoms in total. The highest BCUT2D eigenvalue weighted by Gasteiger charge is 2.25. The van der Waals surface area contributed by atoms with Gasteiger partial charge in [0.05, 0.1) is 17.8 Å². The van der Waals surface area contributed by atoms with Crippen LogP contribution in [-0.4, -0.2) is 44.8 Å². The van der Waals surface area contributed by atoms with Gasteiger partial charge in [0, 0.05) is 17.0 Å². The van der Waals surface area contributed by atoms with Crippen molar-refractivity contribution in [1.29, 1.82) is 0 Å². The largest absolute Gasteiger partial charge is 0.460 e. The predicted octanol–water partition coefficient (Wildman–Crippen LogP) is 7.13. The van der Waals surface area contributed by atoms with Crippen LogP contribution < -0.4 is 0 Å². The molecule has 9 heteroatoms. The van der Waals surface area contributed by atoms with Crippen molar-refractivity contribution < 1.29 is 23.6 Å². The molecule has 0 radical (unpaired) electrons. The molecule has 0 spiro atoms. The van der Waals surface area contributed by atoms with Gasteiger partial charge in [0.25, 0.3) is 5.89 Å². The molecule has 0 aliphatic carbocycles. The van der Waals surface area contributed by atoms with Crippen LogP contribution in [0.5, 0.6) is 0 Å². The summed E-state index contributed by atoms with van der Waals surface area (Å²) in [5, 5.41) is 4.16. The quantitative estimate of drug-likeness (QED) is 0.266. The molecular weight excluding hydrogens is 502 g/mol.